The van der Waals surface area contributed by atoms with E-state index < -0.39 is 27.2 Å². The molecule has 2 aromatic heterocycles. The van der Waals surface area contributed by atoms with E-state index >= 15 is 0 Å². The molecule has 0 spiro atoms. The van der Waals surface area contributed by atoms with E-state index in [1.807, 2.05) is 12.1 Å². The number of thiophene rings is 1. The van der Waals surface area contributed by atoms with Crippen molar-refractivity contribution in [1.29, 1.82) is 0 Å². The smallest absolute Gasteiger partial charge is 0.263 e. The average molecular weight is 533 g/mol. The fraction of sp³-hybridized carbons (Fsp3) is 0.200. The van der Waals surface area contributed by atoms with Crippen LogP contribution in [-0.2, 0) is 21.1 Å². The van der Waals surface area contributed by atoms with Crippen LogP contribution in [0.2, 0.25) is 4.34 Å². The molecule has 6 nitrogen and oxygen atoms in total. The van der Waals surface area contributed by atoms with Gasteiger partial charge in [-0.3, -0.25) is 14.2 Å². The van der Waals surface area contributed by atoms with Crippen LogP contribution in [0.5, 0.6) is 0 Å². The number of benzene rings is 2. The minimum Gasteiger partial charge on any atom is -0.385 e. The minimum atomic E-state index is -3.81. The van der Waals surface area contributed by atoms with Crippen molar-refractivity contribution in [3.05, 3.63) is 86.9 Å². The number of pyridine rings is 1. The molecule has 0 saturated heterocycles. The number of carbonyl (C=O) groups excluding carboxylic acids is 1. The van der Waals surface area contributed by atoms with Gasteiger partial charge in [-0.2, -0.15) is 0 Å². The molecule has 4 aromatic rings. The molecule has 1 N–H and O–H groups in total. The first-order valence-electron chi connectivity index (χ1n) is 10.9. The van der Waals surface area contributed by atoms with Gasteiger partial charge in [-0.15, -0.1) is 11.3 Å². The molecule has 0 atom stereocenters. The molecule has 2 heterocycles. The minimum absolute atomic E-state index is 0.0151. The van der Waals surface area contributed by atoms with Crippen LogP contribution < -0.4 is 10.9 Å². The molecule has 0 amide bonds. The molecule has 0 aliphatic carbocycles. The molecule has 0 bridgehead atoms. The summed E-state index contributed by atoms with van der Waals surface area (Å²) in [5.74, 6) is -1.96. The number of nitrogens with one attached hydrogen (secondary N) is 1. The largest absolute Gasteiger partial charge is 0.385 e. The predicted molar refractivity (Wildman–Crippen MR) is 138 cm³/mol. The van der Waals surface area contributed by atoms with Crippen LogP contribution in [0.4, 0.5) is 10.1 Å². The summed E-state index contributed by atoms with van der Waals surface area (Å²) in [6.45, 7) is 2.88. The number of ketones is 1. The van der Waals surface area contributed by atoms with Crippen molar-refractivity contribution in [2.45, 2.75) is 24.0 Å². The highest BCUT2D eigenvalue weighted by atomic mass is 35.5. The molecule has 0 aliphatic rings. The number of Topliss-reactive ketones (excluding diaryl/α,β-unsaturated/α-hetero) is 1. The van der Waals surface area contributed by atoms with Crippen molar-refractivity contribution >= 4 is 55.0 Å². The molecule has 2 aromatic carbocycles. The van der Waals surface area contributed by atoms with Crippen LogP contribution in [0, 0.1) is 5.82 Å². The monoisotopic (exact) mass is 532 g/mol. The number of sulfone groups is 1. The lowest BCUT2D eigenvalue weighted by molar-refractivity contribution is -0.116. The highest BCUT2D eigenvalue weighted by molar-refractivity contribution is 7.94. The molecule has 0 fully saturated rings. The lowest BCUT2D eigenvalue weighted by Gasteiger charge is -2.11. The summed E-state index contributed by atoms with van der Waals surface area (Å²) >= 11 is 6.66. The fourth-order valence-electron chi connectivity index (χ4n) is 3.70. The van der Waals surface area contributed by atoms with Gasteiger partial charge in [-0.25, -0.2) is 12.8 Å². The molecule has 0 aliphatic heterocycles. The van der Waals surface area contributed by atoms with Gasteiger partial charge in [-0.05, 0) is 65.9 Å². The van der Waals surface area contributed by atoms with Crippen molar-refractivity contribution in [1.82, 2.24) is 4.57 Å². The molecular formula is C25H22ClFN2O4S2. The Morgan fingerprint density at radius 1 is 1.11 bits per heavy atom. The van der Waals surface area contributed by atoms with E-state index in [0.29, 0.717) is 15.3 Å². The van der Waals surface area contributed by atoms with Crippen molar-refractivity contribution in [2.24, 2.45) is 0 Å². The Hall–Kier alpha value is -3.01. The van der Waals surface area contributed by atoms with Gasteiger partial charge in [0, 0.05) is 30.2 Å². The lowest BCUT2D eigenvalue weighted by Crippen LogP contribution is -2.19. The topological polar surface area (TPSA) is 85.2 Å². The Balaban J connectivity index is 1.54. The lowest BCUT2D eigenvalue weighted by atomic mass is 10.1. The number of fused-ring (bicyclic) bond motifs is 1. The van der Waals surface area contributed by atoms with Gasteiger partial charge in [0.25, 0.3) is 5.56 Å². The molecule has 182 valence electrons. The van der Waals surface area contributed by atoms with Crippen LogP contribution in [0.3, 0.4) is 0 Å². The first-order valence-corrected chi connectivity index (χ1v) is 13.7. The first-order chi connectivity index (χ1) is 16.7. The van der Waals surface area contributed by atoms with Crippen molar-refractivity contribution in [3.8, 4) is 5.69 Å². The fourth-order valence-corrected chi connectivity index (χ4v) is 6.51. The van der Waals surface area contributed by atoms with Crippen LogP contribution in [0.1, 0.15) is 18.9 Å². The third-order valence-corrected chi connectivity index (χ3v) is 8.85. The Morgan fingerprint density at radius 2 is 1.91 bits per heavy atom. The average Bonchev–Trinajstić information content (AvgIpc) is 3.25. The normalized spacial score (nSPS) is 11.6. The second-order valence-corrected chi connectivity index (χ2v) is 12.0. The third kappa shape index (κ3) is 5.63. The number of carbonyl (C=O) groups is 1. The van der Waals surface area contributed by atoms with E-state index in [1.165, 1.54) is 35.0 Å². The summed E-state index contributed by atoms with van der Waals surface area (Å²) < 4.78 is 41.3. The maximum atomic E-state index is 15.0. The third-order valence-electron chi connectivity index (χ3n) is 5.36. The Morgan fingerprint density at radius 3 is 2.60 bits per heavy atom. The predicted octanol–water partition coefficient (Wildman–Crippen LogP) is 5.25. The number of hydrogen-bond acceptors (Lipinski definition) is 6. The molecular weight excluding hydrogens is 511 g/mol. The van der Waals surface area contributed by atoms with E-state index in [9.17, 15) is 22.4 Å². The summed E-state index contributed by atoms with van der Waals surface area (Å²) in [4.78, 5) is 25.4. The van der Waals surface area contributed by atoms with Gasteiger partial charge in [0.2, 0.25) is 0 Å². The van der Waals surface area contributed by atoms with Gasteiger partial charge in [-0.1, -0.05) is 24.6 Å². The van der Waals surface area contributed by atoms with Crippen LogP contribution in [0.15, 0.2) is 69.8 Å². The zero-order chi connectivity index (χ0) is 25.2. The quantitative estimate of drug-likeness (QED) is 0.318. The van der Waals surface area contributed by atoms with Crippen molar-refractivity contribution in [3.63, 3.8) is 0 Å². The van der Waals surface area contributed by atoms with Gasteiger partial charge in [0.05, 0.1) is 10.0 Å². The number of aromatic nitrogens is 1. The summed E-state index contributed by atoms with van der Waals surface area (Å²) in [6, 6.07) is 14.0. The maximum Gasteiger partial charge on any atom is 0.263 e. The Kier molecular flexibility index (Phi) is 7.39. The van der Waals surface area contributed by atoms with Gasteiger partial charge < -0.3 is 5.32 Å². The van der Waals surface area contributed by atoms with E-state index in [4.69, 9.17) is 11.6 Å². The van der Waals surface area contributed by atoms with Gasteiger partial charge >= 0.3 is 0 Å². The SMILES string of the molecule is CCCNc1ccc2c(=O)n(-c3ccc(CC(=O)CS(=O)(=O)c4ccc(Cl)s4)cc3F)ccc2c1. The molecule has 0 unspecified atom stereocenters. The molecule has 4 rings (SSSR count). The van der Waals surface area contributed by atoms with E-state index in [-0.39, 0.29) is 21.9 Å². The number of anilines is 1. The Bertz CT molecular complexity index is 1580. The summed E-state index contributed by atoms with van der Waals surface area (Å²) in [5.41, 5.74) is 0.895. The number of nitrogens with zero attached hydrogens (tertiary/aromatic N) is 1. The zero-order valence-corrected chi connectivity index (χ0v) is 21.1. The maximum absolute atomic E-state index is 15.0. The Labute approximate surface area is 210 Å². The second-order valence-electron chi connectivity index (χ2n) is 8.04. The highest BCUT2D eigenvalue weighted by Crippen LogP contribution is 2.27. The zero-order valence-electron chi connectivity index (χ0n) is 18.8. The summed E-state index contributed by atoms with van der Waals surface area (Å²) in [6.07, 6.45) is 2.23. The van der Waals surface area contributed by atoms with Crippen LogP contribution in [0.25, 0.3) is 16.5 Å². The van der Waals surface area contributed by atoms with Crippen LogP contribution in [-0.4, -0.2) is 31.1 Å². The standard InChI is InChI=1S/C25H22ClFN2O4S2/c1-2-10-28-18-4-5-20-17(14-18)9-11-29(25(20)31)22-6-3-16(13-21(22)27)12-19(30)15-35(32,33)24-8-7-23(26)34-24/h3-9,11,13-14,28H,2,10,12,15H2,1H3. The first kappa shape index (κ1) is 25.1. The molecule has 0 saturated carbocycles. The number of halogens is 2. The second kappa shape index (κ2) is 10.3. The summed E-state index contributed by atoms with van der Waals surface area (Å²) in [5, 5.41) is 4.46. The number of hydrogen-bond donors (Lipinski definition) is 1. The van der Waals surface area contributed by atoms with E-state index in [1.54, 1.807) is 12.1 Å². The highest BCUT2D eigenvalue weighted by Gasteiger charge is 2.22. The summed E-state index contributed by atoms with van der Waals surface area (Å²) in [7, 11) is -3.81. The molecule has 10 heteroatoms. The molecule has 0 radical (unpaired) electrons. The van der Waals surface area contributed by atoms with E-state index in [2.05, 4.69) is 12.2 Å². The van der Waals surface area contributed by atoms with Crippen LogP contribution >= 0.6 is 22.9 Å². The van der Waals surface area contributed by atoms with Crippen molar-refractivity contribution < 1.29 is 17.6 Å². The number of rotatable bonds is 9. The van der Waals surface area contributed by atoms with Gasteiger partial charge in [0.1, 0.15) is 15.8 Å². The van der Waals surface area contributed by atoms with Gasteiger partial charge in [0.15, 0.2) is 15.6 Å². The molecule has 35 heavy (non-hydrogen) atoms. The van der Waals surface area contributed by atoms with E-state index in [0.717, 1.165) is 41.4 Å². The van der Waals surface area contributed by atoms with Crippen molar-refractivity contribution in [2.75, 3.05) is 17.6 Å².